The van der Waals surface area contributed by atoms with Gasteiger partial charge in [-0.3, -0.25) is 0 Å². The zero-order valence-electron chi connectivity index (χ0n) is 34.8. The summed E-state index contributed by atoms with van der Waals surface area (Å²) >= 11 is 0. The highest BCUT2D eigenvalue weighted by molar-refractivity contribution is 6.19. The Hall–Kier alpha value is -6.91. The largest absolute Gasteiger partial charge is 0.309 e. The zero-order chi connectivity index (χ0) is 40.4. The second kappa shape index (κ2) is 10.8. The molecule has 10 aromatic rings. The maximum atomic E-state index is 10.3. The number of hydrogen-bond acceptors (Lipinski definition) is 3. The quantitative estimate of drug-likeness (QED) is 0.189. The van der Waals surface area contributed by atoms with Crippen LogP contribution in [0, 0.1) is 0 Å². The van der Waals surface area contributed by atoms with Crippen LogP contribution in [0.1, 0.15) is 11.0 Å². The predicted molar refractivity (Wildman–Crippen MR) is 210 cm³/mol. The molecule has 236 valence electrons. The Bertz CT molecular complexity index is 3410. The van der Waals surface area contributed by atoms with Gasteiger partial charge >= 0.3 is 0 Å². The highest BCUT2D eigenvalue weighted by Gasteiger charge is 2.28. The summed E-state index contributed by atoms with van der Waals surface area (Å²) in [5, 5.41) is 3.90. The summed E-state index contributed by atoms with van der Waals surface area (Å²) in [5.74, 6) is 0.705. The Morgan fingerprint density at radius 1 is 0.451 bits per heavy atom. The van der Waals surface area contributed by atoms with Crippen LogP contribution in [0.4, 0.5) is 0 Å². The average Bonchev–Trinajstić information content (AvgIpc) is 3.78. The van der Waals surface area contributed by atoms with Crippen LogP contribution in [-0.2, 0) is 0 Å². The number of para-hydroxylation sites is 1. The fourth-order valence-electron chi connectivity index (χ4n) is 7.40. The molecule has 0 radical (unpaired) electrons. The van der Waals surface area contributed by atoms with Gasteiger partial charge in [0, 0.05) is 38.7 Å². The van der Waals surface area contributed by atoms with Crippen LogP contribution >= 0.6 is 0 Å². The van der Waals surface area contributed by atoms with Crippen molar-refractivity contribution in [1.82, 2.24) is 19.5 Å². The van der Waals surface area contributed by atoms with Crippen LogP contribution < -0.4 is 0 Å². The van der Waals surface area contributed by atoms with Crippen LogP contribution in [0.5, 0.6) is 0 Å². The second-order valence-electron chi connectivity index (χ2n) is 12.6. The molecule has 4 nitrogen and oxygen atoms in total. The van der Waals surface area contributed by atoms with Crippen LogP contribution in [0.2, 0.25) is 0 Å². The maximum absolute atomic E-state index is 10.3. The van der Waals surface area contributed by atoms with E-state index in [9.17, 15) is 5.48 Å². The first-order valence-corrected chi connectivity index (χ1v) is 16.6. The molecule has 1 aliphatic rings. The van der Waals surface area contributed by atoms with Gasteiger partial charge in [-0.2, -0.15) is 0 Å². The summed E-state index contributed by atoms with van der Waals surface area (Å²) in [6.45, 7) is 0. The lowest BCUT2D eigenvalue weighted by Gasteiger charge is -2.16. The van der Waals surface area contributed by atoms with E-state index in [0.29, 0.717) is 22.8 Å². The highest BCUT2D eigenvalue weighted by atomic mass is 15.0. The summed E-state index contributed by atoms with van der Waals surface area (Å²) < 4.78 is 76.8. The van der Waals surface area contributed by atoms with Crippen molar-refractivity contribution in [3.8, 4) is 62.1 Å². The molecule has 0 bridgehead atoms. The molecule has 0 spiro atoms. The molecular weight excluding hydrogens is 621 g/mol. The zero-order valence-corrected chi connectivity index (χ0v) is 26.8. The molecule has 2 heterocycles. The van der Waals surface area contributed by atoms with Crippen molar-refractivity contribution in [3.05, 3.63) is 170 Å². The van der Waals surface area contributed by atoms with Gasteiger partial charge in [-0.05, 0) is 68.5 Å². The Labute approximate surface area is 305 Å². The highest BCUT2D eigenvalue weighted by Crippen LogP contribution is 2.52. The maximum Gasteiger partial charge on any atom is 0.164 e. The van der Waals surface area contributed by atoms with E-state index in [-0.39, 0.29) is 74.3 Å². The molecule has 8 aromatic carbocycles. The van der Waals surface area contributed by atoms with E-state index in [1.807, 2.05) is 120 Å². The third-order valence-electron chi connectivity index (χ3n) is 9.67. The van der Waals surface area contributed by atoms with Crippen LogP contribution in [-0.4, -0.2) is 19.5 Å². The van der Waals surface area contributed by atoms with E-state index in [1.54, 1.807) is 0 Å². The molecule has 2 aromatic heterocycles. The number of rotatable bonds is 4. The first-order chi connectivity index (χ1) is 28.6. The first kappa shape index (κ1) is 21.2. The van der Waals surface area contributed by atoms with Gasteiger partial charge < -0.3 is 4.57 Å². The van der Waals surface area contributed by atoms with E-state index in [1.165, 1.54) is 0 Å². The van der Waals surface area contributed by atoms with Gasteiger partial charge in [0.25, 0.3) is 0 Å². The lowest BCUT2D eigenvalue weighted by molar-refractivity contribution is 1.07. The molecule has 0 saturated heterocycles. The summed E-state index contributed by atoms with van der Waals surface area (Å²) in [6.07, 6.45) is 0. The first-order valence-electron chi connectivity index (χ1n) is 20.6. The van der Waals surface area contributed by atoms with E-state index >= 15 is 0 Å². The van der Waals surface area contributed by atoms with Gasteiger partial charge in [0.2, 0.25) is 0 Å². The van der Waals surface area contributed by atoms with Crippen molar-refractivity contribution in [2.75, 3.05) is 0 Å². The number of benzene rings is 8. The Balaban J connectivity index is 1.37. The minimum Gasteiger partial charge on any atom is -0.309 e. The monoisotopic (exact) mass is 656 g/mol. The van der Waals surface area contributed by atoms with Crippen molar-refractivity contribution >= 4 is 43.4 Å². The molecule has 0 amide bonds. The van der Waals surface area contributed by atoms with Crippen molar-refractivity contribution in [1.29, 1.82) is 0 Å². The smallest absolute Gasteiger partial charge is 0.164 e. The molecule has 0 N–H and O–H groups in total. The van der Waals surface area contributed by atoms with Gasteiger partial charge in [0.05, 0.1) is 22.0 Å². The summed E-state index contributed by atoms with van der Waals surface area (Å²) in [5.41, 5.74) is 3.67. The number of nitrogens with zero attached hydrogens (tertiary/aromatic N) is 4. The molecule has 0 saturated carbocycles. The van der Waals surface area contributed by atoms with Gasteiger partial charge in [0.1, 0.15) is 0 Å². The molecule has 51 heavy (non-hydrogen) atoms. The van der Waals surface area contributed by atoms with Crippen molar-refractivity contribution in [2.24, 2.45) is 0 Å². The Morgan fingerprint density at radius 2 is 1.04 bits per heavy atom. The lowest BCUT2D eigenvalue weighted by Crippen LogP contribution is -2.02. The van der Waals surface area contributed by atoms with Gasteiger partial charge in [0.15, 0.2) is 17.5 Å². The third-order valence-corrected chi connectivity index (χ3v) is 9.67. The average molecular weight is 657 g/mol. The molecule has 11 rings (SSSR count). The Kier molecular flexibility index (Phi) is 4.49. The molecule has 4 heteroatoms. The van der Waals surface area contributed by atoms with Crippen LogP contribution in [0.15, 0.2) is 170 Å². The van der Waals surface area contributed by atoms with E-state index in [0.717, 1.165) is 32.6 Å². The minimum absolute atomic E-state index is 0.0550. The normalized spacial score (nSPS) is 14.1. The molecule has 0 aliphatic heterocycles. The van der Waals surface area contributed by atoms with Crippen molar-refractivity contribution in [2.45, 2.75) is 0 Å². The summed E-state index contributed by atoms with van der Waals surface area (Å²) in [6, 6.07) is 36.0. The molecule has 1 aliphatic carbocycles. The SMILES string of the molecule is [2H]c1c(-c2nc(-c3ccccc3)nc(-c3ccccc3)n2)c2c(c([2H])c1-n1c3ccccc3c3cc4ccccc4cc31)-c1c([2H])c([2H])c([2H])c3c([2H])c([2H])c([2H])c-2c13. The van der Waals surface area contributed by atoms with Gasteiger partial charge in [-0.1, -0.05) is 139 Å². The van der Waals surface area contributed by atoms with Gasteiger partial charge in [-0.15, -0.1) is 0 Å². The fraction of sp³-hybridized carbons (Fsp3) is 0. The lowest BCUT2D eigenvalue weighted by atomic mass is 9.96. The predicted octanol–water partition coefficient (Wildman–Crippen LogP) is 11.9. The van der Waals surface area contributed by atoms with E-state index in [2.05, 4.69) is 6.07 Å². The Morgan fingerprint density at radius 3 is 1.76 bits per heavy atom. The summed E-state index contributed by atoms with van der Waals surface area (Å²) in [4.78, 5) is 14.9. The van der Waals surface area contributed by atoms with Crippen LogP contribution in [0.25, 0.3) is 105 Å². The molecule has 0 unspecified atom stereocenters. The van der Waals surface area contributed by atoms with Crippen LogP contribution in [0.3, 0.4) is 0 Å². The molecule has 0 atom stereocenters. The van der Waals surface area contributed by atoms with Crippen molar-refractivity contribution < 1.29 is 11.0 Å². The number of hydrogen-bond donors (Lipinski definition) is 0. The third kappa shape index (κ3) is 4.23. The number of aromatic nitrogens is 4. The number of fused-ring (bicyclic) bond motifs is 7. The van der Waals surface area contributed by atoms with Crippen molar-refractivity contribution in [3.63, 3.8) is 0 Å². The topological polar surface area (TPSA) is 43.6 Å². The van der Waals surface area contributed by atoms with E-state index < -0.39 is 24.2 Å². The molecular formula is C47H28N4. The minimum atomic E-state index is -0.468. The second-order valence-corrected chi connectivity index (χ2v) is 12.6. The van der Waals surface area contributed by atoms with E-state index in [4.69, 9.17) is 20.4 Å². The summed E-state index contributed by atoms with van der Waals surface area (Å²) in [7, 11) is 0. The fourth-order valence-corrected chi connectivity index (χ4v) is 7.40. The standard InChI is InChI=1S/C47H28N4/c1-3-13-30(14-4-1)45-48-46(31-15-5-2-6-16-31)50-47(49-45)40-28-34(27-39-36-22-11-19-29-20-12-23-37(43(29)36)44(39)40)51-41-24-10-9-21-35(41)38-25-32-17-7-8-18-33(32)26-42(38)51/h1-28H/i11D,12D,19D,20D,22D,23D,27D,28D. The van der Waals surface area contributed by atoms with Gasteiger partial charge in [-0.25, -0.2) is 15.0 Å². The molecule has 0 fully saturated rings.